The summed E-state index contributed by atoms with van der Waals surface area (Å²) in [6, 6.07) is 8.17. The fraction of sp³-hybridized carbons (Fsp3) is 0.150. The third-order valence-corrected chi connectivity index (χ3v) is 5.00. The summed E-state index contributed by atoms with van der Waals surface area (Å²) in [5.74, 6) is 0.303. The highest BCUT2D eigenvalue weighted by atomic mass is 35.5. The maximum absolute atomic E-state index is 13.8. The lowest BCUT2D eigenvalue weighted by atomic mass is 10.1. The van der Waals surface area contributed by atoms with Crippen molar-refractivity contribution in [1.29, 1.82) is 0 Å². The van der Waals surface area contributed by atoms with Crippen molar-refractivity contribution in [2.75, 3.05) is 11.9 Å². The molecule has 11 heteroatoms. The molecule has 0 aliphatic heterocycles. The van der Waals surface area contributed by atoms with Crippen molar-refractivity contribution in [3.05, 3.63) is 81.7 Å². The van der Waals surface area contributed by atoms with Gasteiger partial charge < -0.3 is 15.0 Å². The standard InChI is InChI=1S/C20H17ClFN7O2/c1-28-18(10-24-27-28)26-20-23-6-4-16(25-20)12-5-7-29(19(31)9-12)17(11-30)13-2-3-14(21)15(22)8-13/h2-10,17,30H,11H2,1H3,(H,23,25,26). The summed E-state index contributed by atoms with van der Waals surface area (Å²) in [7, 11) is 1.73. The average Bonchev–Trinajstić information content (AvgIpc) is 3.16. The molecule has 0 spiro atoms. The number of aliphatic hydroxyl groups excluding tert-OH is 1. The van der Waals surface area contributed by atoms with Crippen molar-refractivity contribution in [2.24, 2.45) is 7.05 Å². The summed E-state index contributed by atoms with van der Waals surface area (Å²) < 4.78 is 16.7. The first-order valence-electron chi connectivity index (χ1n) is 9.19. The normalized spacial score (nSPS) is 12.0. The Bertz CT molecular complexity index is 1290. The Morgan fingerprint density at radius 3 is 2.77 bits per heavy atom. The fourth-order valence-corrected chi connectivity index (χ4v) is 3.19. The van der Waals surface area contributed by atoms with Gasteiger partial charge in [0.1, 0.15) is 5.82 Å². The largest absolute Gasteiger partial charge is 0.394 e. The van der Waals surface area contributed by atoms with Gasteiger partial charge in [0.25, 0.3) is 5.56 Å². The zero-order chi connectivity index (χ0) is 22.0. The third kappa shape index (κ3) is 4.30. The van der Waals surface area contributed by atoms with Crippen molar-refractivity contribution in [1.82, 2.24) is 29.5 Å². The Morgan fingerprint density at radius 1 is 1.26 bits per heavy atom. The molecule has 2 N–H and O–H groups in total. The highest BCUT2D eigenvalue weighted by molar-refractivity contribution is 6.30. The molecule has 0 saturated carbocycles. The number of aromatic nitrogens is 6. The zero-order valence-electron chi connectivity index (χ0n) is 16.3. The molecule has 0 radical (unpaired) electrons. The second-order valence-corrected chi connectivity index (χ2v) is 7.07. The van der Waals surface area contributed by atoms with Crippen LogP contribution in [0, 0.1) is 5.82 Å². The van der Waals surface area contributed by atoms with E-state index in [0.717, 1.165) is 0 Å². The molecule has 0 aliphatic carbocycles. The minimum absolute atomic E-state index is 0.0294. The molecule has 4 aromatic rings. The molecule has 3 heterocycles. The predicted octanol–water partition coefficient (Wildman–Crippen LogP) is 2.55. The van der Waals surface area contributed by atoms with Gasteiger partial charge in [-0.05, 0) is 29.8 Å². The van der Waals surface area contributed by atoms with Crippen LogP contribution in [0.4, 0.5) is 16.2 Å². The molecule has 1 aromatic carbocycles. The van der Waals surface area contributed by atoms with Crippen molar-refractivity contribution < 1.29 is 9.50 Å². The molecule has 0 fully saturated rings. The minimum atomic E-state index is -0.756. The number of hydrogen-bond acceptors (Lipinski definition) is 7. The van der Waals surface area contributed by atoms with Crippen LogP contribution in [0.25, 0.3) is 11.3 Å². The molecule has 9 nitrogen and oxygen atoms in total. The van der Waals surface area contributed by atoms with Crippen molar-refractivity contribution in [2.45, 2.75) is 6.04 Å². The number of nitrogens with zero attached hydrogens (tertiary/aromatic N) is 6. The van der Waals surface area contributed by atoms with Crippen LogP contribution in [-0.2, 0) is 7.05 Å². The summed E-state index contributed by atoms with van der Waals surface area (Å²) in [4.78, 5) is 21.4. The van der Waals surface area contributed by atoms with E-state index in [2.05, 4.69) is 25.6 Å². The maximum atomic E-state index is 13.8. The van der Waals surface area contributed by atoms with Gasteiger partial charge >= 0.3 is 0 Å². The SMILES string of the molecule is Cn1nncc1Nc1nccc(-c2ccn(C(CO)c3ccc(Cl)c(F)c3)c(=O)c2)n1. The first-order valence-corrected chi connectivity index (χ1v) is 9.57. The molecule has 0 bridgehead atoms. The molecular formula is C20H17ClFN7O2. The number of benzene rings is 1. The molecule has 1 atom stereocenters. The summed E-state index contributed by atoms with van der Waals surface area (Å²) in [5.41, 5.74) is 1.14. The number of pyridine rings is 1. The Hall–Kier alpha value is -3.63. The average molecular weight is 442 g/mol. The first kappa shape index (κ1) is 20.6. The fourth-order valence-electron chi connectivity index (χ4n) is 3.08. The number of halogens is 2. The molecule has 158 valence electrons. The van der Waals surface area contributed by atoms with Gasteiger partial charge in [-0.15, -0.1) is 5.10 Å². The number of nitrogens with one attached hydrogen (secondary N) is 1. The van der Waals surface area contributed by atoms with Crippen molar-refractivity contribution in [3.63, 3.8) is 0 Å². The van der Waals surface area contributed by atoms with Gasteiger partial charge in [0.15, 0.2) is 5.82 Å². The molecule has 1 unspecified atom stereocenters. The van der Waals surface area contributed by atoms with Gasteiger partial charge in [0.2, 0.25) is 5.95 Å². The van der Waals surface area contributed by atoms with E-state index >= 15 is 0 Å². The Balaban J connectivity index is 1.64. The summed E-state index contributed by atoms with van der Waals surface area (Å²) in [6.45, 7) is -0.388. The van der Waals surface area contributed by atoms with Gasteiger partial charge in [-0.3, -0.25) is 4.79 Å². The van der Waals surface area contributed by atoms with E-state index in [1.54, 1.807) is 31.4 Å². The van der Waals surface area contributed by atoms with E-state index in [1.165, 1.54) is 39.8 Å². The Kier molecular flexibility index (Phi) is 5.74. The lowest BCUT2D eigenvalue weighted by Crippen LogP contribution is -2.27. The van der Waals surface area contributed by atoms with Gasteiger partial charge in [-0.25, -0.2) is 19.0 Å². The van der Waals surface area contributed by atoms with Crippen LogP contribution in [0.1, 0.15) is 11.6 Å². The maximum Gasteiger partial charge on any atom is 0.251 e. The number of aryl methyl sites for hydroxylation is 1. The molecule has 4 rings (SSSR count). The Labute approximate surface area is 180 Å². The number of anilines is 2. The van der Waals surface area contributed by atoms with Crippen molar-refractivity contribution >= 4 is 23.4 Å². The molecule has 0 aliphatic rings. The Morgan fingerprint density at radius 2 is 2.10 bits per heavy atom. The second-order valence-electron chi connectivity index (χ2n) is 6.67. The van der Waals surface area contributed by atoms with E-state index < -0.39 is 11.9 Å². The van der Waals surface area contributed by atoms with Gasteiger partial charge in [-0.2, -0.15) is 0 Å². The monoisotopic (exact) mass is 441 g/mol. The second kappa shape index (κ2) is 8.62. The summed E-state index contributed by atoms with van der Waals surface area (Å²) in [6.07, 6.45) is 4.63. The smallest absolute Gasteiger partial charge is 0.251 e. The molecule has 31 heavy (non-hydrogen) atoms. The van der Waals surface area contributed by atoms with E-state index in [1.807, 2.05) is 0 Å². The minimum Gasteiger partial charge on any atom is -0.394 e. The van der Waals surface area contributed by atoms with E-state index in [0.29, 0.717) is 28.6 Å². The molecule has 0 saturated heterocycles. The van der Waals surface area contributed by atoms with Crippen LogP contribution in [0.5, 0.6) is 0 Å². The highest BCUT2D eigenvalue weighted by Crippen LogP contribution is 2.23. The van der Waals surface area contributed by atoms with Gasteiger partial charge in [0.05, 0.1) is 29.6 Å². The van der Waals surface area contributed by atoms with Crippen LogP contribution in [0.15, 0.2) is 59.8 Å². The predicted molar refractivity (Wildman–Crippen MR) is 113 cm³/mol. The molecule has 0 amide bonds. The van der Waals surface area contributed by atoms with Crippen LogP contribution in [0.2, 0.25) is 5.02 Å². The van der Waals surface area contributed by atoms with Gasteiger partial charge in [-0.1, -0.05) is 22.9 Å². The quantitative estimate of drug-likeness (QED) is 0.473. The lowest BCUT2D eigenvalue weighted by Gasteiger charge is -2.18. The lowest BCUT2D eigenvalue weighted by molar-refractivity contribution is 0.247. The first-order chi connectivity index (χ1) is 15.0. The van der Waals surface area contributed by atoms with E-state index in [4.69, 9.17) is 11.6 Å². The van der Waals surface area contributed by atoms with Crippen LogP contribution >= 0.6 is 11.6 Å². The zero-order valence-corrected chi connectivity index (χ0v) is 17.0. The number of hydrogen-bond donors (Lipinski definition) is 2. The number of rotatable bonds is 6. The third-order valence-electron chi connectivity index (χ3n) is 4.69. The van der Waals surface area contributed by atoms with Crippen LogP contribution in [0.3, 0.4) is 0 Å². The number of aliphatic hydroxyl groups is 1. The van der Waals surface area contributed by atoms with E-state index in [-0.39, 0.29) is 17.2 Å². The molecule has 3 aromatic heterocycles. The highest BCUT2D eigenvalue weighted by Gasteiger charge is 2.16. The molecular weight excluding hydrogens is 425 g/mol. The van der Waals surface area contributed by atoms with Crippen molar-refractivity contribution in [3.8, 4) is 11.3 Å². The summed E-state index contributed by atoms with van der Waals surface area (Å²) >= 11 is 5.73. The van der Waals surface area contributed by atoms with Gasteiger partial charge in [0, 0.05) is 31.1 Å². The summed E-state index contributed by atoms with van der Waals surface area (Å²) in [5, 5.41) is 20.4. The van der Waals surface area contributed by atoms with Crippen LogP contribution in [-0.4, -0.2) is 41.2 Å². The topological polar surface area (TPSA) is 111 Å². The van der Waals surface area contributed by atoms with E-state index in [9.17, 15) is 14.3 Å². The van der Waals surface area contributed by atoms with Crippen LogP contribution < -0.4 is 10.9 Å².